The predicted octanol–water partition coefficient (Wildman–Crippen LogP) is 3.19. The Kier molecular flexibility index (Phi) is 6.74. The van der Waals surface area contributed by atoms with Crippen molar-refractivity contribution in [3.05, 3.63) is 48.3 Å². The summed E-state index contributed by atoms with van der Waals surface area (Å²) < 4.78 is 5.48. The monoisotopic (exact) mass is 382 g/mol. The van der Waals surface area contributed by atoms with Gasteiger partial charge in [-0.05, 0) is 36.6 Å². The maximum absolute atomic E-state index is 12.2. The van der Waals surface area contributed by atoms with E-state index in [1.165, 1.54) is 0 Å². The minimum Gasteiger partial charge on any atom is -0.495 e. The molecule has 1 aliphatic heterocycles. The molecule has 2 aromatic rings. The summed E-state index contributed by atoms with van der Waals surface area (Å²) in [5, 5.41) is 2.93. The van der Waals surface area contributed by atoms with Gasteiger partial charge < -0.3 is 19.9 Å². The van der Waals surface area contributed by atoms with Crippen molar-refractivity contribution in [2.24, 2.45) is 5.92 Å². The third-order valence-corrected chi connectivity index (χ3v) is 5.06. The summed E-state index contributed by atoms with van der Waals surface area (Å²) in [7, 11) is 1.71. The fourth-order valence-corrected chi connectivity index (χ4v) is 3.37. The highest BCUT2D eigenvalue weighted by Gasteiger charge is 2.20. The largest absolute Gasteiger partial charge is 0.495 e. The van der Waals surface area contributed by atoms with Gasteiger partial charge in [-0.15, -0.1) is 0 Å². The Labute approximate surface area is 167 Å². The van der Waals surface area contributed by atoms with Crippen LogP contribution in [0.4, 0.5) is 11.4 Å². The average molecular weight is 383 g/mol. The van der Waals surface area contributed by atoms with E-state index in [-0.39, 0.29) is 5.91 Å². The number of carbonyl (C=O) groups excluding carboxylic acids is 1. The molecule has 3 rings (SSSR count). The van der Waals surface area contributed by atoms with E-state index in [9.17, 15) is 4.79 Å². The van der Waals surface area contributed by atoms with Crippen molar-refractivity contribution in [3.63, 3.8) is 0 Å². The molecule has 1 amide bonds. The highest BCUT2D eigenvalue weighted by Crippen LogP contribution is 2.29. The molecule has 1 aromatic heterocycles. The van der Waals surface area contributed by atoms with Crippen molar-refractivity contribution < 1.29 is 9.53 Å². The second kappa shape index (κ2) is 9.44. The number of aromatic nitrogens is 1. The number of nitrogens with one attached hydrogen (secondary N) is 1. The van der Waals surface area contributed by atoms with Gasteiger partial charge in [-0.2, -0.15) is 0 Å². The smallest absolute Gasteiger partial charge is 0.269 e. The SMILES string of the molecule is COc1ccccc1N1CCN(c2ccc(C(=O)NCCC(C)C)nc2)CC1. The Hall–Kier alpha value is -2.76. The van der Waals surface area contributed by atoms with Crippen molar-refractivity contribution in [1.29, 1.82) is 0 Å². The summed E-state index contributed by atoms with van der Waals surface area (Å²) in [6.45, 7) is 8.61. The molecule has 1 aromatic carbocycles. The molecular weight excluding hydrogens is 352 g/mol. The van der Waals surface area contributed by atoms with E-state index in [1.54, 1.807) is 13.3 Å². The van der Waals surface area contributed by atoms with E-state index < -0.39 is 0 Å². The Morgan fingerprint density at radius 3 is 2.46 bits per heavy atom. The van der Waals surface area contributed by atoms with Crippen LogP contribution in [0.1, 0.15) is 30.8 Å². The summed E-state index contributed by atoms with van der Waals surface area (Å²) in [6, 6.07) is 11.9. The number of piperazine rings is 1. The lowest BCUT2D eigenvalue weighted by molar-refractivity contribution is 0.0947. The van der Waals surface area contributed by atoms with Crippen molar-refractivity contribution in [2.45, 2.75) is 20.3 Å². The van der Waals surface area contributed by atoms with Crippen LogP contribution in [0.3, 0.4) is 0 Å². The fraction of sp³-hybridized carbons (Fsp3) is 0.455. The number of rotatable bonds is 7. The quantitative estimate of drug-likeness (QED) is 0.797. The molecule has 0 saturated carbocycles. The summed E-state index contributed by atoms with van der Waals surface area (Å²) in [5.41, 5.74) is 2.66. The topological polar surface area (TPSA) is 57.7 Å². The number of amides is 1. The zero-order valence-electron chi connectivity index (χ0n) is 17.0. The highest BCUT2D eigenvalue weighted by molar-refractivity contribution is 5.92. The highest BCUT2D eigenvalue weighted by atomic mass is 16.5. The molecule has 0 unspecified atom stereocenters. The summed E-state index contributed by atoms with van der Waals surface area (Å²) >= 11 is 0. The summed E-state index contributed by atoms with van der Waals surface area (Å²) in [5.74, 6) is 1.38. The number of nitrogens with zero attached hydrogens (tertiary/aromatic N) is 3. The number of hydrogen-bond donors (Lipinski definition) is 1. The third-order valence-electron chi connectivity index (χ3n) is 5.06. The van der Waals surface area contributed by atoms with Crippen LogP contribution in [0, 0.1) is 5.92 Å². The number of benzene rings is 1. The third kappa shape index (κ3) is 4.94. The summed E-state index contributed by atoms with van der Waals surface area (Å²) in [6.07, 6.45) is 2.77. The van der Waals surface area contributed by atoms with Crippen LogP contribution >= 0.6 is 0 Å². The molecule has 2 heterocycles. The van der Waals surface area contributed by atoms with Crippen LogP contribution in [0.5, 0.6) is 5.75 Å². The van der Waals surface area contributed by atoms with Gasteiger partial charge in [0, 0.05) is 32.7 Å². The van der Waals surface area contributed by atoms with E-state index in [0.29, 0.717) is 18.2 Å². The molecule has 0 spiro atoms. The molecular formula is C22H30N4O2. The van der Waals surface area contributed by atoms with Gasteiger partial charge in [0.25, 0.3) is 5.91 Å². The van der Waals surface area contributed by atoms with Gasteiger partial charge in [-0.25, -0.2) is 4.98 Å². The van der Waals surface area contributed by atoms with Gasteiger partial charge >= 0.3 is 0 Å². The van der Waals surface area contributed by atoms with Crippen molar-refractivity contribution >= 4 is 17.3 Å². The maximum atomic E-state index is 12.2. The first kappa shape index (κ1) is 20.0. The van der Waals surface area contributed by atoms with Crippen LogP contribution in [-0.4, -0.2) is 50.7 Å². The molecule has 1 saturated heterocycles. The Bertz CT molecular complexity index is 768. The number of anilines is 2. The lowest BCUT2D eigenvalue weighted by atomic mass is 10.1. The van der Waals surface area contributed by atoms with Crippen LogP contribution in [-0.2, 0) is 0 Å². The zero-order valence-corrected chi connectivity index (χ0v) is 17.0. The van der Waals surface area contributed by atoms with Crippen LogP contribution in [0.2, 0.25) is 0 Å². The molecule has 1 aliphatic rings. The number of ether oxygens (including phenoxy) is 1. The molecule has 0 aliphatic carbocycles. The second-order valence-corrected chi connectivity index (χ2v) is 7.49. The maximum Gasteiger partial charge on any atom is 0.269 e. The van der Waals surface area contributed by atoms with E-state index in [0.717, 1.165) is 49.7 Å². The van der Waals surface area contributed by atoms with Crippen molar-refractivity contribution in [3.8, 4) is 5.75 Å². The van der Waals surface area contributed by atoms with Crippen LogP contribution in [0.25, 0.3) is 0 Å². The van der Waals surface area contributed by atoms with Gasteiger partial charge in [0.05, 0.1) is 24.7 Å². The Morgan fingerprint density at radius 2 is 1.82 bits per heavy atom. The fourth-order valence-electron chi connectivity index (χ4n) is 3.37. The normalized spacial score (nSPS) is 14.3. The number of carbonyl (C=O) groups is 1. The molecule has 6 nitrogen and oxygen atoms in total. The first-order valence-electron chi connectivity index (χ1n) is 9.95. The van der Waals surface area contributed by atoms with E-state index in [2.05, 4.69) is 40.0 Å². The van der Waals surface area contributed by atoms with Crippen molar-refractivity contribution in [2.75, 3.05) is 49.6 Å². The second-order valence-electron chi connectivity index (χ2n) is 7.49. The first-order chi connectivity index (χ1) is 13.6. The van der Waals surface area contributed by atoms with Crippen molar-refractivity contribution in [1.82, 2.24) is 10.3 Å². The lowest BCUT2D eigenvalue weighted by Crippen LogP contribution is -2.46. The molecule has 1 fully saturated rings. The lowest BCUT2D eigenvalue weighted by Gasteiger charge is -2.37. The standard InChI is InChI=1S/C22H30N4O2/c1-17(2)10-11-23-22(27)19-9-8-18(16-24-19)25-12-14-26(15-13-25)20-6-4-5-7-21(20)28-3/h4-9,16-17H,10-15H2,1-3H3,(H,23,27). The van der Waals surface area contributed by atoms with Gasteiger partial charge in [0.15, 0.2) is 0 Å². The molecule has 1 N–H and O–H groups in total. The molecule has 0 bridgehead atoms. The number of hydrogen-bond acceptors (Lipinski definition) is 5. The Morgan fingerprint density at radius 1 is 1.11 bits per heavy atom. The predicted molar refractivity (Wildman–Crippen MR) is 113 cm³/mol. The van der Waals surface area contributed by atoms with E-state index in [4.69, 9.17) is 4.74 Å². The van der Waals surface area contributed by atoms with E-state index in [1.807, 2.05) is 30.3 Å². The number of para-hydroxylation sites is 2. The van der Waals surface area contributed by atoms with Crippen LogP contribution in [0.15, 0.2) is 42.6 Å². The number of pyridine rings is 1. The summed E-state index contributed by atoms with van der Waals surface area (Å²) in [4.78, 5) is 21.2. The first-order valence-corrected chi connectivity index (χ1v) is 9.95. The van der Waals surface area contributed by atoms with Gasteiger partial charge in [0.1, 0.15) is 11.4 Å². The molecule has 0 atom stereocenters. The zero-order chi connectivity index (χ0) is 19.9. The molecule has 28 heavy (non-hydrogen) atoms. The molecule has 6 heteroatoms. The average Bonchev–Trinajstić information content (AvgIpc) is 2.73. The van der Waals surface area contributed by atoms with Gasteiger partial charge in [-0.3, -0.25) is 4.79 Å². The minimum absolute atomic E-state index is 0.104. The molecule has 0 radical (unpaired) electrons. The number of methoxy groups -OCH3 is 1. The minimum atomic E-state index is -0.104. The molecule has 150 valence electrons. The van der Waals surface area contributed by atoms with Gasteiger partial charge in [0.2, 0.25) is 0 Å². The van der Waals surface area contributed by atoms with E-state index >= 15 is 0 Å². The van der Waals surface area contributed by atoms with Gasteiger partial charge in [-0.1, -0.05) is 26.0 Å². The Balaban J connectivity index is 1.55. The van der Waals surface area contributed by atoms with Crippen LogP contribution < -0.4 is 19.9 Å².